The van der Waals surface area contributed by atoms with Crippen LogP contribution in [0.4, 0.5) is 13.2 Å². The Balaban J connectivity index is 1.68. The van der Waals surface area contributed by atoms with Crippen LogP contribution >= 0.6 is 0 Å². The zero-order chi connectivity index (χ0) is 13.7. The Morgan fingerprint density at radius 1 is 1.32 bits per heavy atom. The Hall–Kier alpha value is -1.06. The average Bonchev–Trinajstić information content (AvgIpc) is 3.22. The van der Waals surface area contributed by atoms with Crippen LogP contribution < -0.4 is 0 Å². The minimum Gasteiger partial charge on any atom is -0.261 e. The van der Waals surface area contributed by atoms with Gasteiger partial charge in [-0.2, -0.15) is 13.2 Å². The second-order valence-electron chi connectivity index (χ2n) is 5.98. The largest absolute Gasteiger partial charge is 0.394 e. The van der Waals surface area contributed by atoms with E-state index in [0.717, 1.165) is 17.2 Å². The monoisotopic (exact) mass is 268 g/mol. The molecule has 2 aliphatic carbocycles. The van der Waals surface area contributed by atoms with Crippen LogP contribution in [-0.4, -0.2) is 11.2 Å². The Kier molecular flexibility index (Phi) is 2.88. The van der Waals surface area contributed by atoms with Gasteiger partial charge in [-0.25, -0.2) is 0 Å². The van der Waals surface area contributed by atoms with Crippen molar-refractivity contribution in [2.24, 2.45) is 5.41 Å². The lowest BCUT2D eigenvalue weighted by molar-refractivity contribution is -0.187. The molecular weight excluding hydrogens is 251 g/mol. The maximum absolute atomic E-state index is 12.9. The van der Waals surface area contributed by atoms with E-state index in [1.54, 1.807) is 13.1 Å². The summed E-state index contributed by atoms with van der Waals surface area (Å²) in [4.78, 5) is 4.37. The second kappa shape index (κ2) is 4.22. The lowest BCUT2D eigenvalue weighted by atomic mass is 9.88. The molecule has 2 aliphatic rings. The van der Waals surface area contributed by atoms with Gasteiger partial charge in [0.1, 0.15) is 0 Å². The maximum Gasteiger partial charge on any atom is 0.394 e. The van der Waals surface area contributed by atoms with Crippen molar-refractivity contribution in [3.8, 4) is 0 Å². The van der Waals surface area contributed by atoms with Gasteiger partial charge in [0.15, 0.2) is 0 Å². The third-order valence-corrected chi connectivity index (χ3v) is 4.33. The molecule has 0 spiro atoms. The molecule has 1 nitrogen and oxygen atoms in total. The van der Waals surface area contributed by atoms with Crippen LogP contribution in [0, 0.1) is 11.3 Å². The Labute approximate surface area is 111 Å². The predicted molar refractivity (Wildman–Crippen MR) is 66.6 cm³/mol. The molecule has 0 amide bonds. The van der Waals surface area contributed by atoms with E-state index in [-0.39, 0.29) is 19.3 Å². The van der Waals surface area contributed by atoms with E-state index in [4.69, 9.17) is 0 Å². The highest BCUT2D eigenvalue weighted by atomic mass is 19.4. The van der Waals surface area contributed by atoms with Crippen LogP contribution in [0.15, 0.2) is 18.3 Å². The number of pyridine rings is 1. The number of halogens is 3. The van der Waals surface area contributed by atoms with Crippen molar-refractivity contribution in [3.05, 3.63) is 35.5 Å². The third kappa shape index (κ3) is 2.49. The molecule has 2 fully saturated rings. The minimum absolute atomic E-state index is 0.112. The molecule has 2 saturated carbocycles. The third-order valence-electron chi connectivity index (χ3n) is 4.33. The van der Waals surface area contributed by atoms with E-state index in [0.29, 0.717) is 5.92 Å². The summed E-state index contributed by atoms with van der Waals surface area (Å²) in [7, 11) is 0. The smallest absolute Gasteiger partial charge is 0.261 e. The summed E-state index contributed by atoms with van der Waals surface area (Å²) in [5, 5.41) is 0. The topological polar surface area (TPSA) is 12.9 Å². The highest BCUT2D eigenvalue weighted by Crippen LogP contribution is 2.61. The van der Waals surface area contributed by atoms with E-state index in [1.165, 1.54) is 12.8 Å². The van der Waals surface area contributed by atoms with E-state index >= 15 is 0 Å². The summed E-state index contributed by atoms with van der Waals surface area (Å²) >= 11 is 0. The summed E-state index contributed by atoms with van der Waals surface area (Å²) < 4.78 is 38.8. The molecule has 1 aromatic heterocycles. The van der Waals surface area contributed by atoms with Gasteiger partial charge in [0.2, 0.25) is 0 Å². The number of aromatic nitrogens is 1. The minimum atomic E-state index is -4.07. The van der Waals surface area contributed by atoms with E-state index in [1.807, 2.05) is 12.1 Å². The van der Waals surface area contributed by atoms with Crippen molar-refractivity contribution >= 4 is 0 Å². The van der Waals surface area contributed by atoms with Gasteiger partial charge >= 0.3 is 6.18 Å². The van der Waals surface area contributed by atoms with Crippen LogP contribution in [0.5, 0.6) is 0 Å². The number of alkyl halides is 3. The first-order valence-electron chi connectivity index (χ1n) is 6.77. The molecular formula is C15H17F3N. The lowest BCUT2D eigenvalue weighted by Crippen LogP contribution is -2.26. The second-order valence-corrected chi connectivity index (χ2v) is 5.98. The molecule has 19 heavy (non-hydrogen) atoms. The molecule has 0 aliphatic heterocycles. The van der Waals surface area contributed by atoms with Gasteiger partial charge < -0.3 is 0 Å². The molecule has 0 saturated heterocycles. The van der Waals surface area contributed by atoms with Crippen LogP contribution in [-0.2, 0) is 0 Å². The lowest BCUT2D eigenvalue weighted by Gasteiger charge is -2.22. The fourth-order valence-corrected chi connectivity index (χ4v) is 2.60. The van der Waals surface area contributed by atoms with Crippen molar-refractivity contribution in [1.82, 2.24) is 4.98 Å². The van der Waals surface area contributed by atoms with Crippen LogP contribution in [0.3, 0.4) is 0 Å². The molecule has 1 heterocycles. The van der Waals surface area contributed by atoms with Gasteiger partial charge in [0.05, 0.1) is 5.41 Å². The number of nitrogens with zero attached hydrogens (tertiary/aromatic N) is 1. The van der Waals surface area contributed by atoms with E-state index < -0.39 is 11.6 Å². The molecule has 0 unspecified atom stereocenters. The van der Waals surface area contributed by atoms with Crippen LogP contribution in [0.1, 0.15) is 56.2 Å². The summed E-state index contributed by atoms with van der Waals surface area (Å²) in [6.45, 7) is 1.79. The summed E-state index contributed by atoms with van der Waals surface area (Å²) in [5.74, 6) is 1.38. The zero-order valence-electron chi connectivity index (χ0n) is 10.9. The van der Waals surface area contributed by atoms with Crippen molar-refractivity contribution < 1.29 is 13.2 Å². The highest BCUT2D eigenvalue weighted by Gasteiger charge is 2.63. The zero-order valence-corrected chi connectivity index (χ0v) is 10.9. The van der Waals surface area contributed by atoms with Crippen molar-refractivity contribution in [1.29, 1.82) is 0 Å². The fraction of sp³-hybridized carbons (Fsp3) is 0.600. The van der Waals surface area contributed by atoms with Gasteiger partial charge in [-0.3, -0.25) is 4.98 Å². The first-order valence-corrected chi connectivity index (χ1v) is 6.77. The molecule has 1 radical (unpaired) electrons. The molecule has 0 aromatic carbocycles. The molecule has 1 aromatic rings. The summed E-state index contributed by atoms with van der Waals surface area (Å²) in [6, 6.07) is 3.88. The SMILES string of the molecule is C[C](CC1(C(F)(F)F)CC1)c1ccc(C2CC2)nc1. The van der Waals surface area contributed by atoms with Gasteiger partial charge in [0, 0.05) is 23.7 Å². The highest BCUT2D eigenvalue weighted by molar-refractivity contribution is 5.31. The van der Waals surface area contributed by atoms with Gasteiger partial charge in [-0.1, -0.05) is 13.0 Å². The number of hydrogen-bond donors (Lipinski definition) is 0. The quantitative estimate of drug-likeness (QED) is 0.775. The molecule has 3 rings (SSSR count). The first-order chi connectivity index (χ1) is 8.91. The molecule has 0 N–H and O–H groups in total. The van der Waals surface area contributed by atoms with Crippen LogP contribution in [0.25, 0.3) is 0 Å². The predicted octanol–water partition coefficient (Wildman–Crippen LogP) is 4.63. The Morgan fingerprint density at radius 3 is 2.42 bits per heavy atom. The van der Waals surface area contributed by atoms with Crippen molar-refractivity contribution in [2.75, 3.05) is 0 Å². The van der Waals surface area contributed by atoms with Gasteiger partial charge in [-0.15, -0.1) is 0 Å². The van der Waals surface area contributed by atoms with Gasteiger partial charge in [0.25, 0.3) is 0 Å². The Morgan fingerprint density at radius 2 is 2.00 bits per heavy atom. The van der Waals surface area contributed by atoms with Crippen molar-refractivity contribution in [2.45, 2.75) is 51.1 Å². The van der Waals surface area contributed by atoms with Crippen LogP contribution in [0.2, 0.25) is 0 Å². The molecule has 4 heteroatoms. The molecule has 103 valence electrons. The number of hydrogen-bond acceptors (Lipinski definition) is 1. The van der Waals surface area contributed by atoms with Crippen molar-refractivity contribution in [3.63, 3.8) is 0 Å². The first kappa shape index (κ1) is 12.9. The standard InChI is InChI=1S/C15H17F3N/c1-10(8-14(6-7-14)15(16,17)18)12-4-5-13(19-9-12)11-2-3-11/h4-5,9,11H,2-3,6-8H2,1H3. The normalized spacial score (nSPS) is 21.7. The molecule has 0 atom stereocenters. The summed E-state index contributed by atoms with van der Waals surface area (Å²) in [5.41, 5.74) is 0.472. The number of rotatable bonds is 4. The average molecular weight is 268 g/mol. The van der Waals surface area contributed by atoms with E-state index in [9.17, 15) is 13.2 Å². The van der Waals surface area contributed by atoms with Gasteiger partial charge in [-0.05, 0) is 43.7 Å². The fourth-order valence-electron chi connectivity index (χ4n) is 2.60. The summed E-state index contributed by atoms with van der Waals surface area (Å²) in [6.07, 6.45) is 0.674. The maximum atomic E-state index is 12.9. The van der Waals surface area contributed by atoms with E-state index in [2.05, 4.69) is 4.98 Å². The Bertz CT molecular complexity index is 455. The molecule has 0 bridgehead atoms.